The second-order valence-electron chi connectivity index (χ2n) is 5.91. The highest BCUT2D eigenvalue weighted by molar-refractivity contribution is 9.10. The van der Waals surface area contributed by atoms with Gasteiger partial charge in [0, 0.05) is 43.4 Å². The Labute approximate surface area is 132 Å². The Morgan fingerprint density at radius 1 is 1.38 bits per heavy atom. The van der Waals surface area contributed by atoms with Crippen LogP contribution in [0.1, 0.15) is 24.2 Å². The Balaban J connectivity index is 2.07. The Bertz CT molecular complexity index is 523. The van der Waals surface area contributed by atoms with E-state index in [0.29, 0.717) is 29.9 Å². The molecule has 2 rings (SSSR count). The van der Waals surface area contributed by atoms with Gasteiger partial charge in [-0.2, -0.15) is 0 Å². The molecule has 1 saturated heterocycles. The van der Waals surface area contributed by atoms with Gasteiger partial charge in [-0.1, -0.05) is 0 Å². The van der Waals surface area contributed by atoms with Crippen molar-refractivity contribution in [3.8, 4) is 0 Å². The summed E-state index contributed by atoms with van der Waals surface area (Å²) in [7, 11) is 0. The third kappa shape index (κ3) is 4.39. The zero-order chi connectivity index (χ0) is 15.6. The van der Waals surface area contributed by atoms with Crippen molar-refractivity contribution < 1.29 is 15.0 Å². The number of aromatic nitrogens is 1. The van der Waals surface area contributed by atoms with Gasteiger partial charge in [0.05, 0.1) is 5.60 Å². The highest BCUT2D eigenvalue weighted by Crippen LogP contribution is 2.23. The number of hydrogen-bond acceptors (Lipinski definition) is 5. The fraction of sp³-hybridized carbons (Fsp3) is 0.571. The first-order valence-corrected chi connectivity index (χ1v) is 7.64. The standard InChI is InChI=1S/C14H20BrN3O3/c1-14(2,21)9-17-3-5-18(6-4-17)12-11(13(19)20)7-10(15)8-16-12/h7-8,21H,3-6,9H2,1-2H3,(H,19,20). The lowest BCUT2D eigenvalue weighted by Crippen LogP contribution is -2.51. The zero-order valence-corrected chi connectivity index (χ0v) is 13.8. The maximum Gasteiger partial charge on any atom is 0.339 e. The number of aliphatic hydroxyl groups is 1. The first-order chi connectivity index (χ1) is 9.76. The van der Waals surface area contributed by atoms with Crippen molar-refractivity contribution in [2.24, 2.45) is 0 Å². The maximum atomic E-state index is 11.3. The van der Waals surface area contributed by atoms with E-state index in [1.165, 1.54) is 0 Å². The minimum Gasteiger partial charge on any atom is -0.478 e. The van der Waals surface area contributed by atoms with Crippen LogP contribution in [0, 0.1) is 0 Å². The average molecular weight is 358 g/mol. The van der Waals surface area contributed by atoms with Crippen LogP contribution in [0.3, 0.4) is 0 Å². The van der Waals surface area contributed by atoms with Crippen LogP contribution in [-0.4, -0.2) is 64.4 Å². The third-order valence-electron chi connectivity index (χ3n) is 3.35. The van der Waals surface area contributed by atoms with E-state index in [1.54, 1.807) is 26.1 Å². The number of rotatable bonds is 4. The fourth-order valence-electron chi connectivity index (χ4n) is 2.51. The maximum absolute atomic E-state index is 11.3. The number of carboxylic acid groups (broad SMARTS) is 1. The molecule has 0 saturated carbocycles. The summed E-state index contributed by atoms with van der Waals surface area (Å²) < 4.78 is 0.657. The van der Waals surface area contributed by atoms with Crippen molar-refractivity contribution in [2.45, 2.75) is 19.4 Å². The van der Waals surface area contributed by atoms with Crippen molar-refractivity contribution in [1.82, 2.24) is 9.88 Å². The van der Waals surface area contributed by atoms with E-state index in [0.717, 1.165) is 13.1 Å². The molecule has 21 heavy (non-hydrogen) atoms. The molecule has 1 fully saturated rings. The highest BCUT2D eigenvalue weighted by atomic mass is 79.9. The van der Waals surface area contributed by atoms with Crippen LogP contribution in [0.15, 0.2) is 16.7 Å². The topological polar surface area (TPSA) is 76.9 Å². The molecule has 0 atom stereocenters. The highest BCUT2D eigenvalue weighted by Gasteiger charge is 2.25. The summed E-state index contributed by atoms with van der Waals surface area (Å²) in [5, 5.41) is 19.1. The molecule has 0 bridgehead atoms. The Hall–Kier alpha value is -1.18. The quantitative estimate of drug-likeness (QED) is 0.848. The Morgan fingerprint density at radius 3 is 2.52 bits per heavy atom. The van der Waals surface area contributed by atoms with Crippen molar-refractivity contribution in [3.63, 3.8) is 0 Å². The van der Waals surface area contributed by atoms with Crippen LogP contribution in [0.5, 0.6) is 0 Å². The normalized spacial score (nSPS) is 17.0. The Morgan fingerprint density at radius 2 is 2.00 bits per heavy atom. The SMILES string of the molecule is CC(C)(O)CN1CCN(c2ncc(Br)cc2C(=O)O)CC1. The number of aromatic carboxylic acids is 1. The first kappa shape index (κ1) is 16.2. The first-order valence-electron chi connectivity index (χ1n) is 6.85. The summed E-state index contributed by atoms with van der Waals surface area (Å²) in [6.45, 7) is 7.15. The van der Waals surface area contributed by atoms with Crippen molar-refractivity contribution in [3.05, 3.63) is 22.3 Å². The molecule has 1 aliphatic rings. The number of carboxylic acids is 1. The molecule has 0 aliphatic carbocycles. The van der Waals surface area contributed by atoms with Crippen LogP contribution in [0.2, 0.25) is 0 Å². The van der Waals surface area contributed by atoms with Gasteiger partial charge in [-0.25, -0.2) is 9.78 Å². The van der Waals surface area contributed by atoms with Gasteiger partial charge in [-0.05, 0) is 35.8 Å². The van der Waals surface area contributed by atoms with Gasteiger partial charge in [0.25, 0.3) is 0 Å². The molecule has 2 N–H and O–H groups in total. The lowest BCUT2D eigenvalue weighted by atomic mass is 10.1. The van der Waals surface area contributed by atoms with E-state index >= 15 is 0 Å². The minimum absolute atomic E-state index is 0.209. The van der Waals surface area contributed by atoms with E-state index in [9.17, 15) is 15.0 Å². The third-order valence-corrected chi connectivity index (χ3v) is 3.78. The molecule has 6 nitrogen and oxygen atoms in total. The number of hydrogen-bond donors (Lipinski definition) is 2. The molecular weight excluding hydrogens is 338 g/mol. The van der Waals surface area contributed by atoms with E-state index in [1.807, 2.05) is 4.90 Å². The molecule has 0 amide bonds. The second-order valence-corrected chi connectivity index (χ2v) is 6.82. The van der Waals surface area contributed by atoms with Gasteiger partial charge in [0.15, 0.2) is 0 Å². The summed E-state index contributed by atoms with van der Waals surface area (Å²) in [6, 6.07) is 1.58. The number of anilines is 1. The molecule has 0 aromatic carbocycles. The predicted molar refractivity (Wildman–Crippen MR) is 83.8 cm³/mol. The van der Waals surface area contributed by atoms with Crippen molar-refractivity contribution >= 4 is 27.7 Å². The molecule has 1 aromatic rings. The van der Waals surface area contributed by atoms with Crippen LogP contribution < -0.4 is 4.90 Å². The monoisotopic (exact) mass is 357 g/mol. The van der Waals surface area contributed by atoms with Gasteiger partial charge >= 0.3 is 5.97 Å². The molecule has 2 heterocycles. The molecule has 7 heteroatoms. The number of piperazine rings is 1. The number of pyridine rings is 1. The van der Waals surface area contributed by atoms with Crippen LogP contribution in [0.4, 0.5) is 5.82 Å². The number of nitrogens with zero attached hydrogens (tertiary/aromatic N) is 3. The Kier molecular flexibility index (Phi) is 4.85. The number of β-amino-alcohol motifs (C(OH)–C–C–N with tert-alkyl or cyclic N) is 1. The van der Waals surface area contributed by atoms with Crippen LogP contribution in [0.25, 0.3) is 0 Å². The molecule has 0 radical (unpaired) electrons. The van der Waals surface area contributed by atoms with Gasteiger partial charge in [0.2, 0.25) is 0 Å². The van der Waals surface area contributed by atoms with Crippen LogP contribution in [-0.2, 0) is 0 Å². The van der Waals surface area contributed by atoms with Crippen molar-refractivity contribution in [1.29, 1.82) is 0 Å². The van der Waals surface area contributed by atoms with E-state index in [2.05, 4.69) is 25.8 Å². The lowest BCUT2D eigenvalue weighted by Gasteiger charge is -2.38. The fourth-order valence-corrected chi connectivity index (χ4v) is 2.84. The summed E-state index contributed by atoms with van der Waals surface area (Å²) in [5.41, 5.74) is -0.509. The number of halogens is 1. The minimum atomic E-state index is -0.974. The lowest BCUT2D eigenvalue weighted by molar-refractivity contribution is 0.0344. The summed E-state index contributed by atoms with van der Waals surface area (Å²) in [4.78, 5) is 19.8. The van der Waals surface area contributed by atoms with E-state index in [-0.39, 0.29) is 5.56 Å². The largest absolute Gasteiger partial charge is 0.478 e. The summed E-state index contributed by atoms with van der Waals surface area (Å²) in [5.74, 6) is -0.466. The van der Waals surface area contributed by atoms with E-state index < -0.39 is 11.6 Å². The van der Waals surface area contributed by atoms with Gasteiger partial charge in [-0.3, -0.25) is 4.90 Å². The predicted octanol–water partition coefficient (Wildman–Crippen LogP) is 1.44. The van der Waals surface area contributed by atoms with Crippen molar-refractivity contribution in [2.75, 3.05) is 37.6 Å². The molecule has 1 aliphatic heterocycles. The van der Waals surface area contributed by atoms with Crippen LogP contribution >= 0.6 is 15.9 Å². The van der Waals surface area contributed by atoms with Gasteiger partial charge in [0.1, 0.15) is 11.4 Å². The average Bonchev–Trinajstić information content (AvgIpc) is 2.38. The smallest absolute Gasteiger partial charge is 0.339 e. The summed E-state index contributed by atoms with van der Waals surface area (Å²) in [6.07, 6.45) is 1.62. The molecular formula is C14H20BrN3O3. The molecule has 0 unspecified atom stereocenters. The summed E-state index contributed by atoms with van der Waals surface area (Å²) >= 11 is 3.25. The zero-order valence-electron chi connectivity index (χ0n) is 12.2. The molecule has 0 spiro atoms. The second kappa shape index (κ2) is 6.29. The van der Waals surface area contributed by atoms with Gasteiger partial charge in [-0.15, -0.1) is 0 Å². The van der Waals surface area contributed by atoms with E-state index in [4.69, 9.17) is 0 Å². The van der Waals surface area contributed by atoms with Gasteiger partial charge < -0.3 is 15.1 Å². The number of carbonyl (C=O) groups is 1. The molecule has 116 valence electrons. The molecule has 1 aromatic heterocycles.